The predicted octanol–water partition coefficient (Wildman–Crippen LogP) is 2.09. The van der Waals surface area contributed by atoms with Crippen LogP contribution in [0.5, 0.6) is 5.75 Å². The first-order chi connectivity index (χ1) is 13.6. The number of hydrogen-bond acceptors (Lipinski definition) is 7. The van der Waals surface area contributed by atoms with Crippen molar-refractivity contribution in [1.29, 1.82) is 0 Å². The van der Waals surface area contributed by atoms with Gasteiger partial charge in [0, 0.05) is 17.9 Å². The molecule has 4 rings (SSSR count). The minimum absolute atomic E-state index is 0.0800. The zero-order chi connectivity index (χ0) is 21.2. The molecule has 0 spiro atoms. The number of ketones is 3. The highest BCUT2D eigenvalue weighted by atomic mass is 16.3. The van der Waals surface area contributed by atoms with Gasteiger partial charge >= 0.3 is 0 Å². The van der Waals surface area contributed by atoms with Gasteiger partial charge in [0.1, 0.15) is 22.8 Å². The van der Waals surface area contributed by atoms with Crippen molar-refractivity contribution < 1.29 is 34.8 Å². The van der Waals surface area contributed by atoms with E-state index in [-0.39, 0.29) is 29.7 Å². The number of phenols is 1. The van der Waals surface area contributed by atoms with Gasteiger partial charge in [0.15, 0.2) is 17.2 Å². The SMILES string of the molecule is CCc1ccc(O)c2c1CC1CC3CC(=O)C(C(C)=O)=C(O)C3(O)C(=O)C1=C2O. The van der Waals surface area contributed by atoms with Crippen molar-refractivity contribution in [2.45, 2.75) is 45.1 Å². The number of Topliss-reactive ketones (excluding diaryl/α,β-unsaturated/α-hetero) is 3. The molecule has 0 saturated heterocycles. The number of aromatic hydroxyl groups is 1. The first-order valence-electron chi connectivity index (χ1n) is 9.65. The number of carbonyl (C=O) groups excluding carboxylic acids is 3. The van der Waals surface area contributed by atoms with E-state index < -0.39 is 51.9 Å². The van der Waals surface area contributed by atoms with Gasteiger partial charge in [0.05, 0.1) is 5.56 Å². The fourth-order valence-corrected chi connectivity index (χ4v) is 5.13. The van der Waals surface area contributed by atoms with Crippen LogP contribution in [-0.2, 0) is 27.2 Å². The molecule has 4 N–H and O–H groups in total. The summed E-state index contributed by atoms with van der Waals surface area (Å²) in [6, 6.07) is 3.22. The van der Waals surface area contributed by atoms with Gasteiger partial charge in [-0.3, -0.25) is 14.4 Å². The van der Waals surface area contributed by atoms with Crippen molar-refractivity contribution in [3.63, 3.8) is 0 Å². The monoisotopic (exact) mass is 398 g/mol. The molecule has 7 heteroatoms. The number of aryl methyl sites for hydroxylation is 1. The fourth-order valence-electron chi connectivity index (χ4n) is 5.13. The van der Waals surface area contributed by atoms with Crippen molar-refractivity contribution >= 4 is 23.1 Å². The molecule has 7 nitrogen and oxygen atoms in total. The lowest BCUT2D eigenvalue weighted by atomic mass is 9.59. The van der Waals surface area contributed by atoms with Gasteiger partial charge in [0.25, 0.3) is 0 Å². The van der Waals surface area contributed by atoms with E-state index in [1.807, 2.05) is 6.92 Å². The molecule has 0 amide bonds. The smallest absolute Gasteiger partial charge is 0.202 e. The quantitative estimate of drug-likeness (QED) is 0.561. The third kappa shape index (κ3) is 2.43. The van der Waals surface area contributed by atoms with E-state index in [0.29, 0.717) is 12.8 Å². The molecule has 1 fully saturated rings. The number of allylic oxidation sites excluding steroid dienone is 1. The summed E-state index contributed by atoms with van der Waals surface area (Å²) in [5.41, 5.74) is -1.26. The number of fused-ring (bicyclic) bond motifs is 3. The zero-order valence-corrected chi connectivity index (χ0v) is 16.2. The third-order valence-corrected chi connectivity index (χ3v) is 6.53. The van der Waals surface area contributed by atoms with Crippen LogP contribution >= 0.6 is 0 Å². The van der Waals surface area contributed by atoms with Crippen LogP contribution in [0.1, 0.15) is 43.4 Å². The molecule has 1 saturated carbocycles. The number of carbonyl (C=O) groups is 3. The highest BCUT2D eigenvalue weighted by Gasteiger charge is 2.60. The van der Waals surface area contributed by atoms with Crippen LogP contribution < -0.4 is 0 Å². The van der Waals surface area contributed by atoms with Gasteiger partial charge in [-0.05, 0) is 49.3 Å². The minimum atomic E-state index is -2.44. The molecule has 1 aromatic rings. The van der Waals surface area contributed by atoms with Crippen LogP contribution in [0.15, 0.2) is 29.0 Å². The summed E-state index contributed by atoms with van der Waals surface area (Å²) in [7, 11) is 0. The van der Waals surface area contributed by atoms with E-state index in [9.17, 15) is 34.8 Å². The van der Waals surface area contributed by atoms with Crippen LogP contribution in [0, 0.1) is 11.8 Å². The summed E-state index contributed by atoms with van der Waals surface area (Å²) in [5.74, 6) is -5.15. The summed E-state index contributed by atoms with van der Waals surface area (Å²) >= 11 is 0. The highest BCUT2D eigenvalue weighted by molar-refractivity contribution is 6.23. The van der Waals surface area contributed by atoms with Gasteiger partial charge in [-0.2, -0.15) is 0 Å². The molecule has 0 aromatic heterocycles. The van der Waals surface area contributed by atoms with Crippen LogP contribution in [0.2, 0.25) is 0 Å². The normalized spacial score (nSPS) is 28.8. The molecule has 152 valence electrons. The zero-order valence-electron chi connectivity index (χ0n) is 16.2. The highest BCUT2D eigenvalue weighted by Crippen LogP contribution is 2.52. The topological polar surface area (TPSA) is 132 Å². The number of benzene rings is 1. The molecular formula is C22H22O7. The first kappa shape index (κ1) is 19.4. The first-order valence-corrected chi connectivity index (χ1v) is 9.65. The minimum Gasteiger partial charge on any atom is -0.508 e. The Morgan fingerprint density at radius 1 is 1.17 bits per heavy atom. The summed E-state index contributed by atoms with van der Waals surface area (Å²) in [6.45, 7) is 3.03. The van der Waals surface area contributed by atoms with Crippen molar-refractivity contribution in [3.05, 3.63) is 45.7 Å². The summed E-state index contributed by atoms with van der Waals surface area (Å²) in [4.78, 5) is 37.5. The third-order valence-electron chi connectivity index (χ3n) is 6.53. The van der Waals surface area contributed by atoms with Crippen LogP contribution in [0.25, 0.3) is 5.76 Å². The van der Waals surface area contributed by atoms with Gasteiger partial charge in [0.2, 0.25) is 5.78 Å². The summed E-state index contributed by atoms with van der Waals surface area (Å²) in [6.07, 6.45) is 0.978. The van der Waals surface area contributed by atoms with E-state index in [0.717, 1.165) is 18.1 Å². The number of phenolic OH excluding ortho intramolecular Hbond substituents is 1. The van der Waals surface area contributed by atoms with E-state index in [2.05, 4.69) is 0 Å². The maximum atomic E-state index is 13.3. The van der Waals surface area contributed by atoms with Gasteiger partial charge in [-0.25, -0.2) is 0 Å². The molecule has 0 radical (unpaired) electrons. The number of aliphatic hydroxyl groups excluding tert-OH is 2. The number of hydrogen-bond donors (Lipinski definition) is 4. The van der Waals surface area contributed by atoms with Gasteiger partial charge in [-0.15, -0.1) is 0 Å². The van der Waals surface area contributed by atoms with Crippen LogP contribution in [-0.4, -0.2) is 43.4 Å². The lowest BCUT2D eigenvalue weighted by molar-refractivity contribution is -0.147. The molecule has 3 atom stereocenters. The van der Waals surface area contributed by atoms with Crippen molar-refractivity contribution in [1.82, 2.24) is 0 Å². The Hall–Kier alpha value is -2.93. The van der Waals surface area contributed by atoms with Gasteiger partial charge < -0.3 is 20.4 Å². The summed E-state index contributed by atoms with van der Waals surface area (Å²) in [5, 5.41) is 42.9. The van der Waals surface area contributed by atoms with E-state index in [1.165, 1.54) is 6.07 Å². The standard InChI is InChI=1S/C22H22O7/c1-3-10-4-5-14(24)18-13(10)7-11-6-12-8-15(25)16(9(2)23)20(27)22(12,29)21(28)17(11)19(18)26/h4-5,11-12,24,26-27,29H,3,6-8H2,1-2H3. The second-order valence-electron chi connectivity index (χ2n) is 8.05. The predicted molar refractivity (Wildman–Crippen MR) is 102 cm³/mol. The van der Waals surface area contributed by atoms with Crippen molar-refractivity contribution in [3.8, 4) is 5.75 Å². The Balaban J connectivity index is 1.94. The van der Waals surface area contributed by atoms with Crippen LogP contribution in [0.3, 0.4) is 0 Å². The average Bonchev–Trinajstić information content (AvgIpc) is 2.64. The number of aliphatic hydroxyl groups is 3. The Morgan fingerprint density at radius 2 is 1.86 bits per heavy atom. The molecule has 0 heterocycles. The molecular weight excluding hydrogens is 376 g/mol. The second-order valence-corrected chi connectivity index (χ2v) is 8.05. The Labute approximate surface area is 167 Å². The van der Waals surface area contributed by atoms with Crippen LogP contribution in [0.4, 0.5) is 0 Å². The molecule has 0 aliphatic heterocycles. The lowest BCUT2D eigenvalue weighted by Gasteiger charge is -2.46. The fraction of sp³-hybridized carbons (Fsp3) is 0.409. The largest absolute Gasteiger partial charge is 0.508 e. The Bertz CT molecular complexity index is 1050. The molecule has 3 aliphatic rings. The molecule has 3 unspecified atom stereocenters. The molecule has 29 heavy (non-hydrogen) atoms. The number of rotatable bonds is 2. The van der Waals surface area contributed by atoms with E-state index in [1.54, 1.807) is 6.07 Å². The van der Waals surface area contributed by atoms with E-state index >= 15 is 0 Å². The van der Waals surface area contributed by atoms with Crippen molar-refractivity contribution in [2.75, 3.05) is 0 Å². The lowest BCUT2D eigenvalue weighted by Crippen LogP contribution is -2.57. The van der Waals surface area contributed by atoms with Crippen molar-refractivity contribution in [2.24, 2.45) is 11.8 Å². The maximum absolute atomic E-state index is 13.3. The van der Waals surface area contributed by atoms with Gasteiger partial charge in [-0.1, -0.05) is 13.0 Å². The molecule has 1 aromatic carbocycles. The maximum Gasteiger partial charge on any atom is 0.202 e. The van der Waals surface area contributed by atoms with E-state index in [4.69, 9.17) is 0 Å². The Morgan fingerprint density at radius 3 is 2.48 bits per heavy atom. The molecule has 0 bridgehead atoms. The summed E-state index contributed by atoms with van der Waals surface area (Å²) < 4.78 is 0. The molecule has 3 aliphatic carbocycles. The Kier molecular flexibility index (Phi) is 4.20. The average molecular weight is 398 g/mol. The second kappa shape index (κ2) is 6.29.